The molecule has 4 aromatic carbocycles. The summed E-state index contributed by atoms with van der Waals surface area (Å²) in [6.07, 6.45) is 16.2. The molecule has 0 unspecified atom stereocenters. The molecule has 0 radical (unpaired) electrons. The van der Waals surface area contributed by atoms with Crippen molar-refractivity contribution >= 4 is 16.7 Å². The summed E-state index contributed by atoms with van der Waals surface area (Å²) >= 11 is 0. The number of carbonyl (C=O) groups is 1. The lowest BCUT2D eigenvalue weighted by Gasteiger charge is -2.13. The molecule has 0 spiro atoms. The van der Waals surface area contributed by atoms with Crippen molar-refractivity contribution in [3.05, 3.63) is 96.1 Å². The van der Waals surface area contributed by atoms with Gasteiger partial charge >= 0.3 is 5.97 Å². The van der Waals surface area contributed by atoms with Crippen LogP contribution in [0, 0.1) is 0 Å². The first-order valence-electron chi connectivity index (χ1n) is 18.2. The first-order valence-corrected chi connectivity index (χ1v) is 18.2. The maximum absolute atomic E-state index is 12.6. The Bertz CT molecular complexity index is 1460. The van der Waals surface area contributed by atoms with Gasteiger partial charge in [-0.2, -0.15) is 0 Å². The minimum atomic E-state index is -0.287. The lowest BCUT2D eigenvalue weighted by Crippen LogP contribution is -2.14. The van der Waals surface area contributed by atoms with E-state index in [1.54, 1.807) is 0 Å². The Hall–Kier alpha value is -3.79. The molecule has 1 atom stereocenters. The summed E-state index contributed by atoms with van der Waals surface area (Å²) in [6.45, 7) is 8.18. The van der Waals surface area contributed by atoms with Crippen molar-refractivity contribution in [3.8, 4) is 22.6 Å². The second-order valence-electron chi connectivity index (χ2n) is 12.9. The van der Waals surface area contributed by atoms with Crippen LogP contribution in [0.1, 0.15) is 121 Å². The fourth-order valence-electron chi connectivity index (χ4n) is 5.87. The molecule has 0 saturated carbocycles. The number of hydrogen-bond donors (Lipinski definition) is 0. The zero-order valence-electron chi connectivity index (χ0n) is 29.1. The first-order chi connectivity index (χ1) is 23.1. The summed E-state index contributed by atoms with van der Waals surface area (Å²) in [5.41, 5.74) is 4.45. The van der Waals surface area contributed by atoms with E-state index < -0.39 is 0 Å². The molecule has 252 valence electrons. The Kier molecular flexibility index (Phi) is 15.7. The molecule has 4 heteroatoms. The molecule has 4 aromatic rings. The summed E-state index contributed by atoms with van der Waals surface area (Å²) in [6, 6.07) is 29.2. The summed E-state index contributed by atoms with van der Waals surface area (Å²) < 4.78 is 17.7. The zero-order valence-corrected chi connectivity index (χ0v) is 29.1. The smallest absolute Gasteiger partial charge is 0.313 e. The number of benzene rings is 4. The highest BCUT2D eigenvalue weighted by molar-refractivity contribution is 5.86. The molecule has 0 saturated heterocycles. The Balaban J connectivity index is 1.19. The van der Waals surface area contributed by atoms with Crippen molar-refractivity contribution in [3.63, 3.8) is 0 Å². The number of rotatable bonds is 22. The molecule has 0 aliphatic rings. The maximum Gasteiger partial charge on any atom is 0.313 e. The summed E-state index contributed by atoms with van der Waals surface area (Å²) in [5.74, 6) is 1.33. The van der Waals surface area contributed by atoms with Crippen LogP contribution >= 0.6 is 0 Å². The standard InChI is InChI=1S/C43H56O4/c1-4-6-8-10-11-12-14-15-29-45-41-26-23-37(24-27-41)36-19-17-35(18-20-36)33-47-42-28-25-39-31-38(21-22-40(39)32-42)34(3)43(44)46-30-16-13-9-7-5-2/h17-28,31-32,34H,4-16,29-30,33H2,1-3H3/t34-/m0/s1. The van der Waals surface area contributed by atoms with Crippen LogP contribution in [0.15, 0.2) is 84.9 Å². The topological polar surface area (TPSA) is 44.8 Å². The normalized spacial score (nSPS) is 11.8. The molecule has 47 heavy (non-hydrogen) atoms. The SMILES string of the molecule is CCCCCCCCCCOc1ccc(-c2ccc(COc3ccc4cc([C@H](C)C(=O)OCCCCCCC)ccc4c3)cc2)cc1. The van der Waals surface area contributed by atoms with Crippen LogP contribution in [-0.4, -0.2) is 19.2 Å². The zero-order chi connectivity index (χ0) is 33.1. The predicted molar refractivity (Wildman–Crippen MR) is 196 cm³/mol. The molecule has 0 heterocycles. The highest BCUT2D eigenvalue weighted by atomic mass is 16.5. The molecule has 4 nitrogen and oxygen atoms in total. The van der Waals surface area contributed by atoms with Crippen molar-refractivity contribution in [2.24, 2.45) is 0 Å². The molecule has 0 aliphatic carbocycles. The molecular weight excluding hydrogens is 580 g/mol. The molecule has 0 bridgehead atoms. The van der Waals surface area contributed by atoms with Gasteiger partial charge in [0.25, 0.3) is 0 Å². The second-order valence-corrected chi connectivity index (χ2v) is 12.9. The van der Waals surface area contributed by atoms with E-state index in [-0.39, 0.29) is 11.9 Å². The van der Waals surface area contributed by atoms with Gasteiger partial charge in [-0.15, -0.1) is 0 Å². The number of carbonyl (C=O) groups excluding carboxylic acids is 1. The molecule has 0 aliphatic heterocycles. The molecule has 0 N–H and O–H groups in total. The van der Waals surface area contributed by atoms with E-state index in [2.05, 4.69) is 86.6 Å². The minimum Gasteiger partial charge on any atom is -0.494 e. The fraction of sp³-hybridized carbons (Fsp3) is 0.465. The summed E-state index contributed by atoms with van der Waals surface area (Å²) in [5, 5.41) is 2.17. The third-order valence-corrected chi connectivity index (χ3v) is 9.00. The van der Waals surface area contributed by atoms with Gasteiger partial charge in [0.15, 0.2) is 0 Å². The van der Waals surface area contributed by atoms with Crippen molar-refractivity contribution in [2.45, 2.75) is 117 Å². The van der Waals surface area contributed by atoms with Crippen molar-refractivity contribution in [1.29, 1.82) is 0 Å². The summed E-state index contributed by atoms with van der Waals surface area (Å²) in [7, 11) is 0. The Morgan fingerprint density at radius 1 is 0.553 bits per heavy atom. The van der Waals surface area contributed by atoms with Crippen LogP contribution in [0.3, 0.4) is 0 Å². The van der Waals surface area contributed by atoms with Gasteiger partial charge in [0, 0.05) is 0 Å². The van der Waals surface area contributed by atoms with Crippen LogP contribution in [0.2, 0.25) is 0 Å². The molecule has 0 fully saturated rings. The highest BCUT2D eigenvalue weighted by Crippen LogP contribution is 2.27. The van der Waals surface area contributed by atoms with Crippen LogP contribution in [-0.2, 0) is 16.1 Å². The third-order valence-electron chi connectivity index (χ3n) is 9.00. The van der Waals surface area contributed by atoms with E-state index in [0.717, 1.165) is 59.3 Å². The Morgan fingerprint density at radius 3 is 1.74 bits per heavy atom. The van der Waals surface area contributed by atoms with E-state index in [4.69, 9.17) is 14.2 Å². The lowest BCUT2D eigenvalue weighted by molar-refractivity contribution is -0.145. The van der Waals surface area contributed by atoms with E-state index in [0.29, 0.717) is 13.2 Å². The Morgan fingerprint density at radius 2 is 1.09 bits per heavy atom. The third kappa shape index (κ3) is 12.4. The fourth-order valence-corrected chi connectivity index (χ4v) is 5.87. The molecule has 4 rings (SSSR count). The van der Waals surface area contributed by atoms with Crippen molar-refractivity contribution < 1.29 is 19.0 Å². The van der Waals surface area contributed by atoms with Gasteiger partial charge < -0.3 is 14.2 Å². The molecule has 0 amide bonds. The van der Waals surface area contributed by atoms with Crippen molar-refractivity contribution in [2.75, 3.05) is 13.2 Å². The number of fused-ring (bicyclic) bond motifs is 1. The van der Waals surface area contributed by atoms with Gasteiger partial charge in [0.05, 0.1) is 19.1 Å². The predicted octanol–water partition coefficient (Wildman–Crippen LogP) is 12.2. The second kappa shape index (κ2) is 20.4. The monoisotopic (exact) mass is 636 g/mol. The molecular formula is C43H56O4. The summed E-state index contributed by atoms with van der Waals surface area (Å²) in [4.78, 5) is 12.6. The Labute approximate surface area is 283 Å². The van der Waals surface area contributed by atoms with Gasteiger partial charge in [-0.25, -0.2) is 0 Å². The average Bonchev–Trinajstić information content (AvgIpc) is 3.11. The number of unbranched alkanes of at least 4 members (excludes halogenated alkanes) is 11. The van der Waals surface area contributed by atoms with Gasteiger partial charge in [-0.3, -0.25) is 4.79 Å². The first kappa shape index (κ1) is 36.1. The van der Waals surface area contributed by atoms with Crippen molar-refractivity contribution in [1.82, 2.24) is 0 Å². The van der Waals surface area contributed by atoms with E-state index in [9.17, 15) is 4.79 Å². The highest BCUT2D eigenvalue weighted by Gasteiger charge is 2.17. The van der Waals surface area contributed by atoms with E-state index in [1.165, 1.54) is 75.3 Å². The van der Waals surface area contributed by atoms with Crippen LogP contribution < -0.4 is 9.47 Å². The molecule has 0 aromatic heterocycles. The van der Waals surface area contributed by atoms with Gasteiger partial charge in [0.1, 0.15) is 18.1 Å². The minimum absolute atomic E-state index is 0.152. The van der Waals surface area contributed by atoms with Gasteiger partial charge in [0.2, 0.25) is 0 Å². The van der Waals surface area contributed by atoms with Crippen LogP contribution in [0.25, 0.3) is 21.9 Å². The number of ether oxygens (including phenoxy) is 3. The lowest BCUT2D eigenvalue weighted by atomic mass is 9.98. The van der Waals surface area contributed by atoms with Crippen LogP contribution in [0.5, 0.6) is 11.5 Å². The van der Waals surface area contributed by atoms with Gasteiger partial charge in [-0.1, -0.05) is 145 Å². The van der Waals surface area contributed by atoms with E-state index in [1.807, 2.05) is 19.1 Å². The quantitative estimate of drug-likeness (QED) is 0.0636. The largest absolute Gasteiger partial charge is 0.494 e. The van der Waals surface area contributed by atoms with E-state index >= 15 is 0 Å². The average molecular weight is 637 g/mol. The number of hydrogen-bond acceptors (Lipinski definition) is 4. The maximum atomic E-state index is 12.6. The number of esters is 1. The van der Waals surface area contributed by atoms with Crippen LogP contribution in [0.4, 0.5) is 0 Å². The van der Waals surface area contributed by atoms with Gasteiger partial charge in [-0.05, 0) is 77.1 Å².